The Labute approximate surface area is 97.7 Å². The summed E-state index contributed by atoms with van der Waals surface area (Å²) in [5.74, 6) is -0.170. The van der Waals surface area contributed by atoms with Crippen LogP contribution in [0.3, 0.4) is 0 Å². The molecule has 80 valence electrons. The maximum Gasteiger partial charge on any atom is 0.271 e. The van der Waals surface area contributed by atoms with E-state index in [1.54, 1.807) is 24.4 Å². The second-order valence-corrected chi connectivity index (χ2v) is 4.09. The van der Waals surface area contributed by atoms with Crippen molar-refractivity contribution in [3.8, 4) is 0 Å². The van der Waals surface area contributed by atoms with Crippen LogP contribution in [0.15, 0.2) is 35.5 Å². The number of hydrogen-bond donors (Lipinski definition) is 1. The number of carbonyl (C=O) groups is 1. The fraction of sp³-hybridized carbons (Fsp3) is 0.273. The number of nitrogens with zero attached hydrogens (tertiary/aromatic N) is 1. The molecule has 0 aliphatic heterocycles. The van der Waals surface area contributed by atoms with Crippen LogP contribution in [0.25, 0.3) is 0 Å². The number of pyridine rings is 1. The minimum atomic E-state index is -0.170. The van der Waals surface area contributed by atoms with Crippen molar-refractivity contribution >= 4 is 21.8 Å². The Bertz CT molecular complexity index is 365. The Morgan fingerprint density at radius 3 is 3.13 bits per heavy atom. The third kappa shape index (κ3) is 3.47. The highest BCUT2D eigenvalue weighted by Gasteiger charge is 2.12. The summed E-state index contributed by atoms with van der Waals surface area (Å²) >= 11 is 3.28. The molecule has 0 aromatic carbocycles. The van der Waals surface area contributed by atoms with E-state index in [-0.39, 0.29) is 11.9 Å². The third-order valence-corrected chi connectivity index (χ3v) is 2.51. The van der Waals surface area contributed by atoms with Gasteiger partial charge in [-0.25, -0.2) is 4.98 Å². The van der Waals surface area contributed by atoms with Gasteiger partial charge in [0.25, 0.3) is 5.91 Å². The van der Waals surface area contributed by atoms with Gasteiger partial charge < -0.3 is 5.32 Å². The zero-order chi connectivity index (χ0) is 11.3. The summed E-state index contributed by atoms with van der Waals surface area (Å²) in [5.41, 5.74) is 0.411. The van der Waals surface area contributed by atoms with E-state index in [0.717, 1.165) is 6.42 Å². The molecule has 4 heteroatoms. The van der Waals surface area contributed by atoms with Crippen LogP contribution in [0.4, 0.5) is 0 Å². The summed E-state index contributed by atoms with van der Waals surface area (Å²) in [7, 11) is 0. The smallest absolute Gasteiger partial charge is 0.271 e. The highest BCUT2D eigenvalue weighted by molar-refractivity contribution is 9.10. The number of amides is 1. The van der Waals surface area contributed by atoms with Crippen molar-refractivity contribution in [2.45, 2.75) is 19.4 Å². The van der Waals surface area contributed by atoms with Gasteiger partial charge in [-0.15, -0.1) is 6.58 Å². The van der Waals surface area contributed by atoms with Crippen LogP contribution in [0, 0.1) is 0 Å². The van der Waals surface area contributed by atoms with Crippen LogP contribution < -0.4 is 5.32 Å². The second-order valence-electron chi connectivity index (χ2n) is 3.23. The van der Waals surface area contributed by atoms with Crippen LogP contribution >= 0.6 is 15.9 Å². The van der Waals surface area contributed by atoms with Crippen LogP contribution in [0.2, 0.25) is 0 Å². The summed E-state index contributed by atoms with van der Waals surface area (Å²) in [6.07, 6.45) is 4.12. The van der Waals surface area contributed by atoms with Crippen molar-refractivity contribution < 1.29 is 4.79 Å². The summed E-state index contributed by atoms with van der Waals surface area (Å²) < 4.78 is 0.702. The molecule has 1 aromatic rings. The van der Waals surface area contributed by atoms with Crippen LogP contribution in [0.1, 0.15) is 23.8 Å². The van der Waals surface area contributed by atoms with E-state index >= 15 is 0 Å². The van der Waals surface area contributed by atoms with E-state index in [1.807, 2.05) is 6.92 Å². The lowest BCUT2D eigenvalue weighted by Gasteiger charge is -2.11. The van der Waals surface area contributed by atoms with E-state index < -0.39 is 0 Å². The number of nitrogens with one attached hydrogen (secondary N) is 1. The van der Waals surface area contributed by atoms with Crippen LogP contribution in [-0.4, -0.2) is 16.9 Å². The zero-order valence-electron chi connectivity index (χ0n) is 8.53. The molecule has 0 radical (unpaired) electrons. The molecule has 1 amide bonds. The zero-order valence-corrected chi connectivity index (χ0v) is 10.1. The number of aromatic nitrogens is 1. The average molecular weight is 269 g/mol. The number of halogens is 1. The summed E-state index contributed by atoms with van der Waals surface area (Å²) in [6, 6.07) is 3.64. The molecule has 3 nitrogen and oxygen atoms in total. The first-order valence-corrected chi connectivity index (χ1v) is 5.46. The maximum atomic E-state index is 11.7. The van der Waals surface area contributed by atoms with Gasteiger partial charge in [-0.1, -0.05) is 6.08 Å². The molecule has 1 heterocycles. The van der Waals surface area contributed by atoms with Crippen molar-refractivity contribution in [1.29, 1.82) is 0 Å². The van der Waals surface area contributed by atoms with Gasteiger partial charge in [0.05, 0.1) is 0 Å². The first-order valence-electron chi connectivity index (χ1n) is 4.67. The molecule has 0 bridgehead atoms. The lowest BCUT2D eigenvalue weighted by Crippen LogP contribution is -2.32. The Kier molecular flexibility index (Phi) is 4.49. The molecule has 1 N–H and O–H groups in total. The fourth-order valence-corrected chi connectivity index (χ4v) is 1.59. The minimum absolute atomic E-state index is 0.0731. The predicted molar refractivity (Wildman–Crippen MR) is 63.7 cm³/mol. The van der Waals surface area contributed by atoms with Gasteiger partial charge in [-0.05, 0) is 41.4 Å². The predicted octanol–water partition coefficient (Wildman–Crippen LogP) is 2.54. The van der Waals surface area contributed by atoms with Gasteiger partial charge in [0.1, 0.15) is 5.69 Å². The molecule has 0 fully saturated rings. The average Bonchev–Trinajstić information content (AvgIpc) is 2.18. The standard InChI is InChI=1S/C11H13BrN2O/c1-3-5-8(2)14-11(15)10-9(12)6-4-7-13-10/h3-4,6-8H,1,5H2,2H3,(H,14,15). The molecule has 1 unspecified atom stereocenters. The Balaban J connectivity index is 2.69. The van der Waals surface area contributed by atoms with Gasteiger partial charge >= 0.3 is 0 Å². The van der Waals surface area contributed by atoms with Crippen LogP contribution in [0.5, 0.6) is 0 Å². The first-order chi connectivity index (χ1) is 7.15. The van der Waals surface area contributed by atoms with Crippen molar-refractivity contribution in [1.82, 2.24) is 10.3 Å². The molecular formula is C11H13BrN2O. The summed E-state index contributed by atoms with van der Waals surface area (Å²) in [4.78, 5) is 15.7. The first kappa shape index (κ1) is 11.9. The van der Waals surface area contributed by atoms with Gasteiger partial charge in [0.15, 0.2) is 0 Å². The van der Waals surface area contributed by atoms with Gasteiger partial charge in [-0.3, -0.25) is 4.79 Å². The SMILES string of the molecule is C=CCC(C)NC(=O)c1ncccc1Br. The molecule has 0 spiro atoms. The Hall–Kier alpha value is -1.16. The van der Waals surface area contributed by atoms with Gasteiger partial charge in [0, 0.05) is 16.7 Å². The topological polar surface area (TPSA) is 42.0 Å². The highest BCUT2D eigenvalue weighted by Crippen LogP contribution is 2.13. The molecular weight excluding hydrogens is 256 g/mol. The van der Waals surface area contributed by atoms with E-state index in [4.69, 9.17) is 0 Å². The Morgan fingerprint density at radius 2 is 2.53 bits per heavy atom. The molecule has 0 saturated heterocycles. The van der Waals surface area contributed by atoms with E-state index in [1.165, 1.54) is 0 Å². The molecule has 1 aromatic heterocycles. The summed E-state index contributed by atoms with van der Waals surface area (Å²) in [6.45, 7) is 5.55. The molecule has 1 rings (SSSR count). The van der Waals surface area contributed by atoms with Crippen LogP contribution in [-0.2, 0) is 0 Å². The molecule has 15 heavy (non-hydrogen) atoms. The normalized spacial score (nSPS) is 11.9. The quantitative estimate of drug-likeness (QED) is 0.853. The van der Waals surface area contributed by atoms with Crippen molar-refractivity contribution in [3.05, 3.63) is 41.2 Å². The van der Waals surface area contributed by atoms with Gasteiger partial charge in [0.2, 0.25) is 0 Å². The monoisotopic (exact) mass is 268 g/mol. The minimum Gasteiger partial charge on any atom is -0.348 e. The number of rotatable bonds is 4. The van der Waals surface area contributed by atoms with Crippen molar-refractivity contribution in [2.75, 3.05) is 0 Å². The second kappa shape index (κ2) is 5.66. The van der Waals surface area contributed by atoms with E-state index in [9.17, 15) is 4.79 Å². The van der Waals surface area contributed by atoms with Gasteiger partial charge in [-0.2, -0.15) is 0 Å². The van der Waals surface area contributed by atoms with Crippen molar-refractivity contribution in [2.24, 2.45) is 0 Å². The fourth-order valence-electron chi connectivity index (χ4n) is 1.15. The van der Waals surface area contributed by atoms with Crippen molar-refractivity contribution in [3.63, 3.8) is 0 Å². The lowest BCUT2D eigenvalue weighted by atomic mass is 10.2. The highest BCUT2D eigenvalue weighted by atomic mass is 79.9. The van der Waals surface area contributed by atoms with E-state index in [2.05, 4.69) is 32.8 Å². The summed E-state index contributed by atoms with van der Waals surface area (Å²) in [5, 5.41) is 2.84. The molecule has 0 saturated carbocycles. The van der Waals surface area contributed by atoms with E-state index in [0.29, 0.717) is 10.2 Å². The lowest BCUT2D eigenvalue weighted by molar-refractivity contribution is 0.0934. The molecule has 0 aliphatic carbocycles. The largest absolute Gasteiger partial charge is 0.348 e. The maximum absolute atomic E-state index is 11.7. The number of carbonyl (C=O) groups excluding carboxylic acids is 1. The Morgan fingerprint density at radius 1 is 1.80 bits per heavy atom. The molecule has 0 aliphatic rings. The number of hydrogen-bond acceptors (Lipinski definition) is 2. The third-order valence-electron chi connectivity index (χ3n) is 1.87. The molecule has 1 atom stereocenters.